The van der Waals surface area contributed by atoms with E-state index in [-0.39, 0.29) is 5.91 Å². The van der Waals surface area contributed by atoms with Crippen LogP contribution in [0.4, 0.5) is 0 Å². The monoisotopic (exact) mass is 272 g/mol. The van der Waals surface area contributed by atoms with Gasteiger partial charge in [-0.2, -0.15) is 0 Å². The van der Waals surface area contributed by atoms with Crippen LogP contribution in [-0.2, 0) is 0 Å². The van der Waals surface area contributed by atoms with E-state index in [0.717, 1.165) is 17.4 Å². The minimum Gasteiger partial charge on any atom is -0.356 e. The molecule has 1 rings (SSSR count). The van der Waals surface area contributed by atoms with Gasteiger partial charge < -0.3 is 9.88 Å². The first kappa shape index (κ1) is 12.3. The maximum Gasteiger partial charge on any atom is 0.270 e. The third kappa shape index (κ3) is 3.38. The van der Waals surface area contributed by atoms with Crippen LogP contribution in [0, 0.1) is 5.92 Å². The molecule has 0 aromatic carbocycles. The zero-order valence-corrected chi connectivity index (χ0v) is 11.0. The van der Waals surface area contributed by atoms with Gasteiger partial charge in [0.1, 0.15) is 5.69 Å². The van der Waals surface area contributed by atoms with Crippen molar-refractivity contribution in [2.24, 2.45) is 5.92 Å². The number of aromatic nitrogens is 1. The highest BCUT2D eigenvalue weighted by Crippen LogP contribution is 2.13. The fourth-order valence-corrected chi connectivity index (χ4v) is 1.72. The molecule has 1 aromatic rings. The topological polar surface area (TPSA) is 36.1 Å². The molecule has 0 radical (unpaired) electrons. The lowest BCUT2D eigenvalue weighted by Crippen LogP contribution is -2.31. The summed E-state index contributed by atoms with van der Waals surface area (Å²) in [4.78, 5) is 16.6. The van der Waals surface area contributed by atoms with Crippen LogP contribution in [0.25, 0.3) is 0 Å². The van der Waals surface area contributed by atoms with E-state index in [0.29, 0.717) is 11.6 Å². The Morgan fingerprint density at radius 1 is 1.67 bits per heavy atom. The minimum absolute atomic E-state index is 0.0426. The first-order valence-electron chi connectivity index (χ1n) is 5.14. The molecule has 0 saturated carbocycles. The number of halogens is 1. The molecule has 0 aliphatic carbocycles. The molecule has 84 valence electrons. The summed E-state index contributed by atoms with van der Waals surface area (Å²) in [5.74, 6) is 0.582. The number of H-pyrrole nitrogens is 1. The quantitative estimate of drug-likeness (QED) is 0.899. The van der Waals surface area contributed by atoms with Crippen LogP contribution in [0.2, 0.25) is 0 Å². The number of carbonyl (C=O) groups is 1. The van der Waals surface area contributed by atoms with Gasteiger partial charge in [0.25, 0.3) is 5.91 Å². The number of hydrogen-bond donors (Lipinski definition) is 1. The first-order chi connectivity index (χ1) is 7.04. The molecule has 1 heterocycles. The van der Waals surface area contributed by atoms with Crippen LogP contribution in [-0.4, -0.2) is 29.4 Å². The first-order valence-corrected chi connectivity index (χ1v) is 5.93. The SMILES string of the molecule is CCC(C)CN(C)C(=O)c1cc(Br)c[nH]1. The van der Waals surface area contributed by atoms with Gasteiger partial charge in [-0.25, -0.2) is 0 Å². The van der Waals surface area contributed by atoms with E-state index in [1.807, 2.05) is 7.05 Å². The summed E-state index contributed by atoms with van der Waals surface area (Å²) >= 11 is 3.31. The molecule has 1 N–H and O–H groups in total. The molecule has 4 heteroatoms. The van der Waals surface area contributed by atoms with Crippen molar-refractivity contribution in [3.63, 3.8) is 0 Å². The lowest BCUT2D eigenvalue weighted by Gasteiger charge is -2.20. The minimum atomic E-state index is 0.0426. The Balaban J connectivity index is 2.60. The molecule has 15 heavy (non-hydrogen) atoms. The van der Waals surface area contributed by atoms with Gasteiger partial charge in [0.2, 0.25) is 0 Å². The van der Waals surface area contributed by atoms with Crippen LogP contribution in [0.5, 0.6) is 0 Å². The van der Waals surface area contributed by atoms with E-state index in [1.54, 1.807) is 17.2 Å². The number of carbonyl (C=O) groups excluding carboxylic acids is 1. The average Bonchev–Trinajstić information content (AvgIpc) is 2.63. The number of rotatable bonds is 4. The highest BCUT2D eigenvalue weighted by Gasteiger charge is 2.14. The van der Waals surface area contributed by atoms with Gasteiger partial charge in [-0.15, -0.1) is 0 Å². The summed E-state index contributed by atoms with van der Waals surface area (Å²) < 4.78 is 0.905. The number of nitrogens with zero attached hydrogens (tertiary/aromatic N) is 1. The third-order valence-corrected chi connectivity index (χ3v) is 2.97. The number of amides is 1. The molecule has 1 aromatic heterocycles. The maximum absolute atomic E-state index is 11.9. The van der Waals surface area contributed by atoms with Crippen molar-refractivity contribution in [1.29, 1.82) is 0 Å². The molecule has 0 aliphatic heterocycles. The molecular weight excluding hydrogens is 256 g/mol. The molecule has 0 saturated heterocycles. The predicted octanol–water partition coefficient (Wildman–Crippen LogP) is 2.90. The highest BCUT2D eigenvalue weighted by atomic mass is 79.9. The number of aromatic amines is 1. The molecule has 1 atom stereocenters. The zero-order chi connectivity index (χ0) is 11.4. The second-order valence-corrected chi connectivity index (χ2v) is 4.85. The van der Waals surface area contributed by atoms with Gasteiger partial charge in [0.15, 0.2) is 0 Å². The number of nitrogens with one attached hydrogen (secondary N) is 1. The van der Waals surface area contributed by atoms with Gasteiger partial charge in [-0.3, -0.25) is 4.79 Å². The smallest absolute Gasteiger partial charge is 0.270 e. The lowest BCUT2D eigenvalue weighted by atomic mass is 10.1. The molecule has 0 fully saturated rings. The van der Waals surface area contributed by atoms with Crippen molar-refractivity contribution in [3.05, 3.63) is 22.4 Å². The largest absolute Gasteiger partial charge is 0.356 e. The molecule has 1 unspecified atom stereocenters. The van der Waals surface area contributed by atoms with E-state index < -0.39 is 0 Å². The Hall–Kier alpha value is -0.770. The van der Waals surface area contributed by atoms with E-state index >= 15 is 0 Å². The van der Waals surface area contributed by atoms with Crippen molar-refractivity contribution < 1.29 is 4.79 Å². The Kier molecular flexibility index (Phi) is 4.39. The molecule has 0 spiro atoms. The van der Waals surface area contributed by atoms with Crippen LogP contribution < -0.4 is 0 Å². The maximum atomic E-state index is 11.9. The van der Waals surface area contributed by atoms with Crippen molar-refractivity contribution >= 4 is 21.8 Å². The van der Waals surface area contributed by atoms with E-state index in [2.05, 4.69) is 34.8 Å². The molecular formula is C11H17BrN2O. The summed E-state index contributed by atoms with van der Waals surface area (Å²) in [6.07, 6.45) is 2.86. The summed E-state index contributed by atoms with van der Waals surface area (Å²) in [5.41, 5.74) is 0.632. The van der Waals surface area contributed by atoms with Gasteiger partial charge >= 0.3 is 0 Å². The fourth-order valence-electron chi connectivity index (χ4n) is 1.38. The van der Waals surface area contributed by atoms with Crippen LogP contribution >= 0.6 is 15.9 Å². The second kappa shape index (κ2) is 5.35. The Bertz CT molecular complexity index is 335. The van der Waals surface area contributed by atoms with Crippen LogP contribution in [0.15, 0.2) is 16.7 Å². The Morgan fingerprint density at radius 2 is 2.33 bits per heavy atom. The Labute approximate surface area is 99.0 Å². The van der Waals surface area contributed by atoms with Crippen molar-refractivity contribution in [2.75, 3.05) is 13.6 Å². The Morgan fingerprint density at radius 3 is 2.80 bits per heavy atom. The number of hydrogen-bond acceptors (Lipinski definition) is 1. The predicted molar refractivity (Wildman–Crippen MR) is 64.9 cm³/mol. The fraction of sp³-hybridized carbons (Fsp3) is 0.545. The van der Waals surface area contributed by atoms with Gasteiger partial charge in [0.05, 0.1) is 0 Å². The highest BCUT2D eigenvalue weighted by molar-refractivity contribution is 9.10. The molecule has 0 aliphatic rings. The third-order valence-electron chi connectivity index (χ3n) is 2.51. The second-order valence-electron chi connectivity index (χ2n) is 3.93. The molecule has 0 bridgehead atoms. The van der Waals surface area contributed by atoms with Crippen LogP contribution in [0.1, 0.15) is 30.8 Å². The average molecular weight is 273 g/mol. The lowest BCUT2D eigenvalue weighted by molar-refractivity contribution is 0.0770. The summed E-state index contributed by atoms with van der Waals surface area (Å²) in [6, 6.07) is 1.80. The van der Waals surface area contributed by atoms with E-state index in [4.69, 9.17) is 0 Å². The van der Waals surface area contributed by atoms with E-state index in [1.165, 1.54) is 0 Å². The summed E-state index contributed by atoms with van der Waals surface area (Å²) in [5, 5.41) is 0. The van der Waals surface area contributed by atoms with Crippen molar-refractivity contribution in [3.8, 4) is 0 Å². The normalized spacial score (nSPS) is 12.5. The van der Waals surface area contributed by atoms with Crippen LogP contribution in [0.3, 0.4) is 0 Å². The van der Waals surface area contributed by atoms with Gasteiger partial charge in [-0.1, -0.05) is 20.3 Å². The summed E-state index contributed by atoms with van der Waals surface area (Å²) in [7, 11) is 1.84. The molecule has 3 nitrogen and oxygen atoms in total. The molecule has 1 amide bonds. The summed E-state index contributed by atoms with van der Waals surface area (Å²) in [6.45, 7) is 5.08. The standard InChI is InChI=1S/C11H17BrN2O/c1-4-8(2)7-14(3)11(15)10-5-9(12)6-13-10/h5-6,8,13H,4,7H2,1-3H3. The van der Waals surface area contributed by atoms with Gasteiger partial charge in [0, 0.05) is 24.3 Å². The zero-order valence-electron chi connectivity index (χ0n) is 9.38. The van der Waals surface area contributed by atoms with Crippen molar-refractivity contribution in [1.82, 2.24) is 9.88 Å². The van der Waals surface area contributed by atoms with Crippen molar-refractivity contribution in [2.45, 2.75) is 20.3 Å². The van der Waals surface area contributed by atoms with E-state index in [9.17, 15) is 4.79 Å². The van der Waals surface area contributed by atoms with Gasteiger partial charge in [-0.05, 0) is 27.9 Å².